The monoisotopic (exact) mass is 347 g/mol. The first-order valence-electron chi connectivity index (χ1n) is 9.36. The normalized spacial score (nSPS) is 28.5. The zero-order chi connectivity index (χ0) is 17.9. The first-order valence-corrected chi connectivity index (χ1v) is 9.36. The second-order valence-electron chi connectivity index (χ2n) is 7.57. The van der Waals surface area contributed by atoms with Crippen molar-refractivity contribution in [2.24, 2.45) is 0 Å². The molecule has 2 N–H and O–H groups in total. The number of nitrogens with zero attached hydrogens (tertiary/aromatic N) is 1. The van der Waals surface area contributed by atoms with Crippen molar-refractivity contribution < 1.29 is 19.7 Å². The quantitative estimate of drug-likeness (QED) is 0.859. The van der Waals surface area contributed by atoms with E-state index in [2.05, 4.69) is 0 Å². The molecule has 2 aliphatic carbocycles. The molecule has 0 aromatic heterocycles. The Hall–Kier alpha value is -1.59. The van der Waals surface area contributed by atoms with Gasteiger partial charge >= 0.3 is 0 Å². The van der Waals surface area contributed by atoms with Crippen molar-refractivity contribution in [2.75, 3.05) is 7.05 Å². The minimum atomic E-state index is -0.868. The van der Waals surface area contributed by atoms with E-state index in [1.807, 2.05) is 30.3 Å². The van der Waals surface area contributed by atoms with Crippen LogP contribution in [-0.2, 0) is 4.79 Å². The van der Waals surface area contributed by atoms with Crippen LogP contribution in [0.2, 0.25) is 0 Å². The van der Waals surface area contributed by atoms with Gasteiger partial charge in [-0.05, 0) is 37.8 Å². The summed E-state index contributed by atoms with van der Waals surface area (Å²) in [5.41, 5.74) is -0.868. The summed E-state index contributed by atoms with van der Waals surface area (Å²) < 4.78 is 5.88. The number of likely N-dealkylation sites (N-methyl/N-ethyl adjacent to an activating group) is 1. The van der Waals surface area contributed by atoms with E-state index in [0.717, 1.165) is 25.0 Å². The Morgan fingerprint density at radius 3 is 2.56 bits per heavy atom. The molecule has 2 fully saturated rings. The maximum atomic E-state index is 12.6. The number of ether oxygens (including phenoxy) is 1. The van der Waals surface area contributed by atoms with Crippen LogP contribution in [0.1, 0.15) is 51.4 Å². The summed E-state index contributed by atoms with van der Waals surface area (Å²) in [7, 11) is 1.73. The van der Waals surface area contributed by atoms with Crippen LogP contribution in [0, 0.1) is 0 Å². The molecule has 0 unspecified atom stereocenters. The lowest BCUT2D eigenvalue weighted by atomic mass is 9.82. The summed E-state index contributed by atoms with van der Waals surface area (Å²) in [5, 5.41) is 21.2. The summed E-state index contributed by atoms with van der Waals surface area (Å²) in [6, 6.07) is 9.20. The van der Waals surface area contributed by atoms with E-state index in [-0.39, 0.29) is 24.5 Å². The minimum absolute atomic E-state index is 0.0891. The minimum Gasteiger partial charge on any atom is -0.488 e. The highest BCUT2D eigenvalue weighted by Gasteiger charge is 2.41. The molecule has 1 aromatic carbocycles. The molecule has 5 nitrogen and oxygen atoms in total. The maximum absolute atomic E-state index is 12.6. The lowest BCUT2D eigenvalue weighted by Crippen LogP contribution is -2.48. The van der Waals surface area contributed by atoms with Crippen molar-refractivity contribution in [1.29, 1.82) is 0 Å². The molecule has 2 aliphatic rings. The number of hydrogen-bond acceptors (Lipinski definition) is 4. The second-order valence-corrected chi connectivity index (χ2v) is 7.57. The zero-order valence-corrected chi connectivity index (χ0v) is 14.9. The molecular formula is C20H29NO4. The molecule has 2 saturated carbocycles. The van der Waals surface area contributed by atoms with E-state index in [1.165, 1.54) is 0 Å². The SMILES string of the molecule is CN(C(=O)CC1(O)CCCCC1)[C@@H]1CC[C@@H](Oc2ccccc2)[C@@H]1O. The zero-order valence-electron chi connectivity index (χ0n) is 14.9. The number of rotatable bonds is 5. The molecule has 138 valence electrons. The smallest absolute Gasteiger partial charge is 0.225 e. The molecule has 1 aromatic rings. The van der Waals surface area contributed by atoms with Gasteiger partial charge in [0, 0.05) is 7.05 Å². The fourth-order valence-corrected chi connectivity index (χ4v) is 4.13. The van der Waals surface area contributed by atoms with E-state index in [9.17, 15) is 15.0 Å². The van der Waals surface area contributed by atoms with E-state index in [4.69, 9.17) is 4.74 Å². The van der Waals surface area contributed by atoms with E-state index in [0.29, 0.717) is 25.7 Å². The van der Waals surface area contributed by atoms with Gasteiger partial charge in [0.2, 0.25) is 5.91 Å². The van der Waals surface area contributed by atoms with Gasteiger partial charge < -0.3 is 19.8 Å². The van der Waals surface area contributed by atoms with Crippen molar-refractivity contribution in [2.45, 2.75) is 75.2 Å². The van der Waals surface area contributed by atoms with Gasteiger partial charge in [-0.1, -0.05) is 37.5 Å². The van der Waals surface area contributed by atoms with Gasteiger partial charge in [0.15, 0.2) is 0 Å². The average Bonchev–Trinajstić information content (AvgIpc) is 2.96. The number of para-hydroxylation sites is 1. The molecule has 3 atom stereocenters. The topological polar surface area (TPSA) is 70.0 Å². The number of aliphatic hydroxyl groups is 2. The first-order chi connectivity index (χ1) is 12.0. The highest BCUT2D eigenvalue weighted by atomic mass is 16.5. The van der Waals surface area contributed by atoms with E-state index in [1.54, 1.807) is 11.9 Å². The number of aliphatic hydroxyl groups excluding tert-OH is 1. The van der Waals surface area contributed by atoms with Gasteiger partial charge in [-0.25, -0.2) is 0 Å². The van der Waals surface area contributed by atoms with E-state index < -0.39 is 11.7 Å². The number of carbonyl (C=O) groups is 1. The number of carbonyl (C=O) groups excluding carboxylic acids is 1. The molecule has 25 heavy (non-hydrogen) atoms. The Kier molecular flexibility index (Phi) is 5.64. The van der Waals surface area contributed by atoms with Crippen molar-refractivity contribution in [1.82, 2.24) is 4.90 Å². The van der Waals surface area contributed by atoms with Gasteiger partial charge in [-0.2, -0.15) is 0 Å². The summed E-state index contributed by atoms with van der Waals surface area (Å²) in [4.78, 5) is 14.2. The molecule has 0 saturated heterocycles. The third-order valence-electron chi connectivity index (χ3n) is 5.71. The van der Waals surface area contributed by atoms with Crippen LogP contribution >= 0.6 is 0 Å². The molecule has 5 heteroatoms. The molecule has 1 amide bonds. The Balaban J connectivity index is 1.57. The lowest BCUT2D eigenvalue weighted by molar-refractivity contribution is -0.140. The highest BCUT2D eigenvalue weighted by molar-refractivity contribution is 5.77. The van der Waals surface area contributed by atoms with Crippen molar-refractivity contribution >= 4 is 5.91 Å². The standard InChI is InChI=1S/C20H29NO4/c1-21(18(22)14-20(24)12-6-3-7-13-20)16-10-11-17(19(16)23)25-15-8-4-2-5-9-15/h2,4-5,8-9,16-17,19,23-24H,3,6-7,10-14H2,1H3/t16-,17-,19-/m1/s1. The van der Waals surface area contributed by atoms with Crippen LogP contribution in [0.15, 0.2) is 30.3 Å². The Bertz CT molecular complexity index is 570. The lowest BCUT2D eigenvalue weighted by Gasteiger charge is -2.35. The first kappa shape index (κ1) is 18.2. The van der Waals surface area contributed by atoms with E-state index >= 15 is 0 Å². The molecule has 0 radical (unpaired) electrons. The molecule has 0 bridgehead atoms. The summed E-state index contributed by atoms with van der Waals surface area (Å²) >= 11 is 0. The van der Waals surface area contributed by atoms with Crippen LogP contribution in [0.25, 0.3) is 0 Å². The third-order valence-corrected chi connectivity index (χ3v) is 5.71. The fourth-order valence-electron chi connectivity index (χ4n) is 4.13. The van der Waals surface area contributed by atoms with Crippen LogP contribution in [0.3, 0.4) is 0 Å². The third kappa shape index (κ3) is 4.33. The summed E-state index contributed by atoms with van der Waals surface area (Å²) in [6.45, 7) is 0. The van der Waals surface area contributed by atoms with Crippen molar-refractivity contribution in [3.63, 3.8) is 0 Å². The predicted molar refractivity (Wildman–Crippen MR) is 95.3 cm³/mol. The number of hydrogen-bond donors (Lipinski definition) is 2. The Labute approximate surface area is 149 Å². The summed E-state index contributed by atoms with van der Waals surface area (Å²) in [5.74, 6) is 0.645. The predicted octanol–water partition coefficient (Wildman–Crippen LogP) is 2.50. The summed E-state index contributed by atoms with van der Waals surface area (Å²) in [6.07, 6.45) is 5.03. The Morgan fingerprint density at radius 2 is 1.88 bits per heavy atom. The van der Waals surface area contributed by atoms with Crippen LogP contribution in [-0.4, -0.2) is 51.9 Å². The second kappa shape index (κ2) is 7.75. The maximum Gasteiger partial charge on any atom is 0.225 e. The average molecular weight is 347 g/mol. The van der Waals surface area contributed by atoms with Crippen LogP contribution < -0.4 is 4.74 Å². The van der Waals surface area contributed by atoms with Crippen molar-refractivity contribution in [3.05, 3.63) is 30.3 Å². The van der Waals surface area contributed by atoms with Crippen LogP contribution in [0.4, 0.5) is 0 Å². The molecule has 0 spiro atoms. The van der Waals surface area contributed by atoms with Crippen molar-refractivity contribution in [3.8, 4) is 5.75 Å². The largest absolute Gasteiger partial charge is 0.488 e. The van der Waals surface area contributed by atoms with Gasteiger partial charge in [0.1, 0.15) is 18.0 Å². The fraction of sp³-hybridized carbons (Fsp3) is 0.650. The van der Waals surface area contributed by atoms with Gasteiger partial charge in [-0.15, -0.1) is 0 Å². The number of amides is 1. The van der Waals surface area contributed by atoms with Gasteiger partial charge in [0.05, 0.1) is 18.1 Å². The molecule has 3 rings (SSSR count). The van der Waals surface area contributed by atoms with Gasteiger partial charge in [-0.3, -0.25) is 4.79 Å². The molecule has 0 aliphatic heterocycles. The molecule has 0 heterocycles. The Morgan fingerprint density at radius 1 is 1.20 bits per heavy atom. The molecular weight excluding hydrogens is 318 g/mol. The van der Waals surface area contributed by atoms with Crippen LogP contribution in [0.5, 0.6) is 5.75 Å². The number of benzene rings is 1. The van der Waals surface area contributed by atoms with Gasteiger partial charge in [0.25, 0.3) is 0 Å². The highest BCUT2D eigenvalue weighted by Crippen LogP contribution is 2.33.